The van der Waals surface area contributed by atoms with Crippen molar-refractivity contribution in [2.75, 3.05) is 0 Å². The first kappa shape index (κ1) is 6.47. The van der Waals surface area contributed by atoms with Crippen molar-refractivity contribution in [1.29, 1.82) is 0 Å². The molecular weight excluding hydrogens is 134 g/mol. The van der Waals surface area contributed by atoms with E-state index in [-0.39, 0.29) is 10.7 Å². The van der Waals surface area contributed by atoms with Gasteiger partial charge in [-0.05, 0) is 11.1 Å². The van der Waals surface area contributed by atoms with E-state index in [1.54, 1.807) is 12.1 Å². The Morgan fingerprint density at radius 2 is 2.40 bits per heavy atom. The zero-order valence-electron chi connectivity index (χ0n) is 5.01. The van der Waals surface area contributed by atoms with E-state index in [0.717, 1.165) is 0 Å². The molecule has 1 aromatic rings. The molecule has 0 bridgehead atoms. The molecule has 1 rings (SSSR count). The van der Waals surface area contributed by atoms with Crippen molar-refractivity contribution in [3.63, 3.8) is 0 Å². The Balaban J connectivity index is 2.96. The first-order valence-corrected chi connectivity index (χ1v) is 2.58. The highest BCUT2D eigenvalue weighted by Gasteiger charge is 1.99. The number of rotatable bonds is 1. The van der Waals surface area contributed by atoms with Gasteiger partial charge in [0.2, 0.25) is 0 Å². The number of nitrogens with zero attached hydrogens (tertiary/aromatic N) is 3. The fourth-order valence-electron chi connectivity index (χ4n) is 0.513. The lowest BCUT2D eigenvalue weighted by Crippen LogP contribution is -1.92. The molecule has 0 radical (unpaired) electrons. The Labute approximate surface area is 56.8 Å². The van der Waals surface area contributed by atoms with E-state index in [0.29, 0.717) is 0 Å². The lowest BCUT2D eigenvalue weighted by molar-refractivity contribution is -0.477. The summed E-state index contributed by atoms with van der Waals surface area (Å²) in [5, 5.41) is 20.8. The van der Waals surface area contributed by atoms with Gasteiger partial charge in [0.05, 0.1) is 0 Å². The van der Waals surface area contributed by atoms with Gasteiger partial charge in [-0.1, -0.05) is 10.9 Å². The Morgan fingerprint density at radius 3 is 2.90 bits per heavy atom. The summed E-state index contributed by atoms with van der Waals surface area (Å²) < 4.78 is 0. The average molecular weight is 139 g/mol. The second-order valence-corrected chi connectivity index (χ2v) is 1.55. The second-order valence-electron chi connectivity index (χ2n) is 1.55. The molecule has 0 spiro atoms. The van der Waals surface area contributed by atoms with E-state index in [1.165, 1.54) is 12.3 Å². The fourth-order valence-corrected chi connectivity index (χ4v) is 0.513. The second kappa shape index (κ2) is 2.77. The molecule has 0 aliphatic carbocycles. The minimum atomic E-state index is 0.0278. The van der Waals surface area contributed by atoms with E-state index in [4.69, 9.17) is 5.21 Å². The van der Waals surface area contributed by atoms with Gasteiger partial charge < -0.3 is 10.4 Å². The van der Waals surface area contributed by atoms with Crippen LogP contribution in [0, 0.1) is 5.21 Å². The SMILES string of the molecule is [O-]/[N+](=N\O)c1ccccn1. The zero-order valence-corrected chi connectivity index (χ0v) is 5.01. The van der Waals surface area contributed by atoms with Gasteiger partial charge in [-0.2, -0.15) is 0 Å². The monoisotopic (exact) mass is 139 g/mol. The highest BCUT2D eigenvalue weighted by molar-refractivity contribution is 5.15. The summed E-state index contributed by atoms with van der Waals surface area (Å²) >= 11 is 0. The highest BCUT2D eigenvalue weighted by atomic mass is 16.6. The first-order chi connectivity index (χ1) is 4.84. The third-order valence-electron chi connectivity index (χ3n) is 0.927. The summed E-state index contributed by atoms with van der Waals surface area (Å²) in [6, 6.07) is 4.72. The van der Waals surface area contributed by atoms with Crippen LogP contribution in [0.1, 0.15) is 0 Å². The average Bonchev–Trinajstić information content (AvgIpc) is 2.05. The molecule has 5 heteroatoms. The van der Waals surface area contributed by atoms with E-state index in [9.17, 15) is 5.21 Å². The predicted octanol–water partition coefficient (Wildman–Crippen LogP) is 1.06. The van der Waals surface area contributed by atoms with Gasteiger partial charge in [-0.15, -0.1) is 0 Å². The smallest absolute Gasteiger partial charge is 0.349 e. The molecule has 0 saturated heterocycles. The first-order valence-electron chi connectivity index (χ1n) is 2.58. The molecule has 52 valence electrons. The van der Waals surface area contributed by atoms with E-state index >= 15 is 0 Å². The van der Waals surface area contributed by atoms with Crippen molar-refractivity contribution in [3.8, 4) is 0 Å². The quantitative estimate of drug-likeness (QED) is 0.359. The van der Waals surface area contributed by atoms with Gasteiger partial charge in [0.15, 0.2) is 0 Å². The molecule has 0 unspecified atom stereocenters. The summed E-state index contributed by atoms with van der Waals surface area (Å²) in [5.74, 6) is 0.0602. The Kier molecular flexibility index (Phi) is 1.79. The largest absolute Gasteiger partial charge is 0.688 e. The lowest BCUT2D eigenvalue weighted by Gasteiger charge is -1.96. The standard InChI is InChI=1S/C5H5N3O2/c9-7-8(10)5-3-1-2-4-6-5/h1-4,9H/b8-7-. The zero-order chi connectivity index (χ0) is 7.40. The third kappa shape index (κ3) is 1.19. The van der Waals surface area contributed by atoms with Crippen LogP contribution in [0.5, 0.6) is 0 Å². The van der Waals surface area contributed by atoms with Crippen LogP contribution >= 0.6 is 0 Å². The summed E-state index contributed by atoms with van der Waals surface area (Å²) in [4.78, 5) is 3.64. The summed E-state index contributed by atoms with van der Waals surface area (Å²) in [6.45, 7) is 0. The van der Waals surface area contributed by atoms with Gasteiger partial charge in [0.25, 0.3) is 0 Å². The molecule has 0 amide bonds. The fraction of sp³-hybridized carbons (Fsp3) is 0. The normalized spacial score (nSPS) is 11.4. The van der Waals surface area contributed by atoms with Crippen LogP contribution in [-0.4, -0.2) is 15.1 Å². The molecule has 0 aliphatic rings. The Morgan fingerprint density at radius 1 is 1.60 bits per heavy atom. The molecule has 1 heterocycles. The summed E-state index contributed by atoms with van der Waals surface area (Å²) in [7, 11) is 0. The number of pyridine rings is 1. The number of hydrogen-bond acceptors (Lipinski definition) is 3. The highest BCUT2D eigenvalue weighted by Crippen LogP contribution is 2.03. The van der Waals surface area contributed by atoms with Crippen LogP contribution in [0.15, 0.2) is 29.7 Å². The molecule has 0 fully saturated rings. The van der Waals surface area contributed by atoms with Gasteiger partial charge in [0.1, 0.15) is 11.5 Å². The van der Waals surface area contributed by atoms with Crippen molar-refractivity contribution in [2.45, 2.75) is 0 Å². The minimum absolute atomic E-state index is 0.0278. The molecule has 0 saturated carbocycles. The molecule has 0 aromatic carbocycles. The van der Waals surface area contributed by atoms with Gasteiger partial charge in [0, 0.05) is 6.07 Å². The molecule has 5 nitrogen and oxygen atoms in total. The van der Waals surface area contributed by atoms with Gasteiger partial charge >= 0.3 is 5.82 Å². The lowest BCUT2D eigenvalue weighted by atomic mass is 10.5. The van der Waals surface area contributed by atoms with E-state index < -0.39 is 0 Å². The molecule has 0 atom stereocenters. The molecule has 1 N–H and O–H groups in total. The van der Waals surface area contributed by atoms with Crippen LogP contribution in [0.25, 0.3) is 0 Å². The van der Waals surface area contributed by atoms with Crippen LogP contribution in [0.3, 0.4) is 0 Å². The van der Waals surface area contributed by atoms with E-state index in [1.807, 2.05) is 0 Å². The Bertz CT molecular complexity index is 234. The van der Waals surface area contributed by atoms with Crippen molar-refractivity contribution in [3.05, 3.63) is 29.6 Å². The van der Waals surface area contributed by atoms with Crippen LogP contribution in [0.2, 0.25) is 0 Å². The maximum Gasteiger partial charge on any atom is 0.349 e. The summed E-state index contributed by atoms with van der Waals surface area (Å²) in [5.41, 5.74) is 0. The molecule has 0 aliphatic heterocycles. The van der Waals surface area contributed by atoms with Gasteiger partial charge in [-0.25, -0.2) is 0 Å². The number of aromatic nitrogens is 1. The van der Waals surface area contributed by atoms with Crippen molar-refractivity contribution >= 4 is 5.82 Å². The van der Waals surface area contributed by atoms with Crippen molar-refractivity contribution < 1.29 is 10.1 Å². The van der Waals surface area contributed by atoms with Crippen molar-refractivity contribution in [2.24, 2.45) is 5.28 Å². The summed E-state index contributed by atoms with van der Waals surface area (Å²) in [6.07, 6.45) is 1.44. The molecule has 1 aromatic heterocycles. The third-order valence-corrected chi connectivity index (χ3v) is 0.927. The van der Waals surface area contributed by atoms with Gasteiger partial charge in [-0.3, -0.25) is 0 Å². The predicted molar refractivity (Wildman–Crippen MR) is 31.7 cm³/mol. The molecule has 10 heavy (non-hydrogen) atoms. The minimum Gasteiger partial charge on any atom is -0.688 e. The van der Waals surface area contributed by atoms with Crippen molar-refractivity contribution in [1.82, 2.24) is 4.98 Å². The molecular formula is C5H5N3O2. The topological polar surface area (TPSA) is 71.5 Å². The Hall–Kier alpha value is -1.65. The van der Waals surface area contributed by atoms with Crippen LogP contribution in [0.4, 0.5) is 5.82 Å². The maximum atomic E-state index is 10.5. The van der Waals surface area contributed by atoms with Crippen LogP contribution in [-0.2, 0) is 0 Å². The number of hydrogen-bond donors (Lipinski definition) is 1. The maximum absolute atomic E-state index is 10.5. The van der Waals surface area contributed by atoms with E-state index in [2.05, 4.69) is 10.3 Å². The van der Waals surface area contributed by atoms with Crippen LogP contribution < -0.4 is 0 Å².